The summed E-state index contributed by atoms with van der Waals surface area (Å²) in [5.41, 5.74) is 7.21. The molecule has 0 fully saturated rings. The summed E-state index contributed by atoms with van der Waals surface area (Å²) >= 11 is 0. The minimum absolute atomic E-state index is 0.0906. The summed E-state index contributed by atoms with van der Waals surface area (Å²) in [4.78, 5) is 5.08. The number of benzene rings is 1. The lowest BCUT2D eigenvalue weighted by Gasteiger charge is -2.27. The molecule has 0 aliphatic carbocycles. The molecule has 4 heteroatoms. The van der Waals surface area contributed by atoms with Crippen LogP contribution >= 0.6 is 0 Å². The molecule has 4 nitrogen and oxygen atoms in total. The van der Waals surface area contributed by atoms with Crippen LogP contribution in [0.1, 0.15) is 19.8 Å². The van der Waals surface area contributed by atoms with Crippen LogP contribution in [0.5, 0.6) is 0 Å². The van der Waals surface area contributed by atoms with E-state index < -0.39 is 19.7 Å². The molecule has 82 valence electrons. The molecular weight excluding hydrogens is 202 g/mol. The third-order valence-corrected chi connectivity index (χ3v) is 2.59. The van der Waals surface area contributed by atoms with Crippen molar-refractivity contribution in [2.75, 3.05) is 17.6 Å². The molecule has 0 saturated heterocycles. The van der Waals surface area contributed by atoms with Crippen molar-refractivity contribution in [2.24, 2.45) is 0 Å². The zero-order chi connectivity index (χ0) is 16.3. The lowest BCUT2D eigenvalue weighted by Crippen LogP contribution is -2.22. The van der Waals surface area contributed by atoms with Gasteiger partial charge >= 0.3 is 0 Å². The van der Waals surface area contributed by atoms with Gasteiger partial charge in [-0.25, -0.2) is 4.98 Å². The van der Waals surface area contributed by atoms with Crippen molar-refractivity contribution < 1.29 is 12.6 Å². The number of nitrogens with two attached hydrogens (primary N) is 1. The average molecular weight is 221 g/mol. The first-order valence-electron chi connectivity index (χ1n) is 7.76. The second-order valence-electron chi connectivity index (χ2n) is 3.62. The molecule has 0 bridgehead atoms. The maximum absolute atomic E-state index is 7.66. The third-order valence-electron chi connectivity index (χ3n) is 2.59. The van der Waals surface area contributed by atoms with Gasteiger partial charge in [-0.3, -0.25) is 0 Å². The van der Waals surface area contributed by atoms with Crippen molar-refractivity contribution in [3.63, 3.8) is 0 Å². The summed E-state index contributed by atoms with van der Waals surface area (Å²) in [5, 5.41) is 0. The first kappa shape index (κ1) is 4.91. The van der Waals surface area contributed by atoms with E-state index in [1.54, 1.807) is 18.2 Å². The number of oxazole rings is 1. The van der Waals surface area contributed by atoms with E-state index >= 15 is 0 Å². The van der Waals surface area contributed by atoms with E-state index in [0.29, 0.717) is 11.3 Å². The summed E-state index contributed by atoms with van der Waals surface area (Å²) in [7, 11) is 0. The van der Waals surface area contributed by atoms with Crippen molar-refractivity contribution in [3.05, 3.63) is 29.8 Å². The van der Waals surface area contributed by atoms with E-state index in [4.69, 9.17) is 18.4 Å². The Morgan fingerprint density at radius 2 is 2.50 bits per heavy atom. The molecule has 0 spiro atoms. The summed E-state index contributed by atoms with van der Waals surface area (Å²) in [6.07, 6.45) is 0. The Morgan fingerprint density at radius 3 is 3.31 bits per heavy atom. The highest BCUT2D eigenvalue weighted by Gasteiger charge is 2.25. The lowest BCUT2D eigenvalue weighted by molar-refractivity contribution is 0.533. The molecule has 3 rings (SSSR count). The highest BCUT2D eigenvalue weighted by Crippen LogP contribution is 2.41. The van der Waals surface area contributed by atoms with Crippen LogP contribution in [0.2, 0.25) is 0 Å². The van der Waals surface area contributed by atoms with Gasteiger partial charge < -0.3 is 15.1 Å². The summed E-state index contributed by atoms with van der Waals surface area (Å²) in [5.74, 6) is -0.146. The van der Waals surface area contributed by atoms with E-state index in [2.05, 4.69) is 4.98 Å². The van der Waals surface area contributed by atoms with Gasteiger partial charge in [-0.05, 0) is 12.1 Å². The fraction of sp³-hybridized carbons (Fsp3) is 0.250. The van der Waals surface area contributed by atoms with Gasteiger partial charge in [0, 0.05) is 27.6 Å². The number of fused-ring (bicyclic) bond motifs is 3. The summed E-state index contributed by atoms with van der Waals surface area (Å²) in [6.45, 7) is -5.02. The number of hydrogen-bond acceptors (Lipinski definition) is 4. The molecular formula is C12H13N3O. The van der Waals surface area contributed by atoms with Crippen LogP contribution in [-0.4, -0.2) is 12.0 Å². The molecule has 16 heavy (non-hydrogen) atoms. The first-order valence-corrected chi connectivity index (χ1v) is 4.76. The Bertz CT molecular complexity index is 733. The van der Waals surface area contributed by atoms with Crippen LogP contribution in [0.25, 0.3) is 11.3 Å². The number of hydrogen-bond donors (Lipinski definition) is 1. The van der Waals surface area contributed by atoms with Crippen LogP contribution in [-0.2, 0) is 6.54 Å². The molecule has 2 heterocycles. The minimum atomic E-state index is -2.50. The maximum Gasteiger partial charge on any atom is 0.192 e. The van der Waals surface area contributed by atoms with Crippen molar-refractivity contribution in [3.8, 4) is 11.3 Å². The Morgan fingerprint density at radius 1 is 1.56 bits per heavy atom. The van der Waals surface area contributed by atoms with Crippen LogP contribution in [0, 0.1) is 6.85 Å². The molecule has 2 aromatic rings. The van der Waals surface area contributed by atoms with E-state index in [-0.39, 0.29) is 23.7 Å². The monoisotopic (exact) mass is 221 g/mol. The number of rotatable bonds is 0. The third kappa shape index (κ3) is 1.13. The first-order chi connectivity index (χ1) is 10.1. The van der Waals surface area contributed by atoms with Gasteiger partial charge in [0.2, 0.25) is 0 Å². The van der Waals surface area contributed by atoms with Crippen LogP contribution < -0.4 is 10.6 Å². The fourth-order valence-corrected chi connectivity index (χ4v) is 1.94. The normalized spacial score (nSPS) is 20.6. The largest absolute Gasteiger partial charge is 0.441 e. The highest BCUT2D eigenvalue weighted by atomic mass is 16.4. The smallest absolute Gasteiger partial charge is 0.192 e. The molecule has 1 aliphatic rings. The van der Waals surface area contributed by atoms with Crippen molar-refractivity contribution >= 4 is 11.4 Å². The predicted molar refractivity (Wildman–Crippen MR) is 63.2 cm³/mol. The second kappa shape index (κ2) is 3.01. The molecule has 0 radical (unpaired) electrons. The van der Waals surface area contributed by atoms with Crippen molar-refractivity contribution in [1.29, 1.82) is 0 Å². The van der Waals surface area contributed by atoms with E-state index in [0.717, 1.165) is 4.90 Å². The molecule has 1 aromatic carbocycles. The topological polar surface area (TPSA) is 55.3 Å². The SMILES string of the molecule is [2H]C([2H])([2H])c1nc2c(o1)-c1cccc(N)c1N(C([2H])([2H])[2H])C2. The number of aryl methyl sites for hydroxylation is 1. The van der Waals surface area contributed by atoms with Crippen LogP contribution in [0.3, 0.4) is 0 Å². The Balaban J connectivity index is 2.24. The molecule has 0 unspecified atom stereocenters. The molecule has 0 atom stereocenters. The number of anilines is 2. The standard InChI is InChI=1S/C12H13N3O/c1-7-14-10-6-15(2)11-8(12(10)16-7)4-3-5-9(11)13/h3-5H,6,13H2,1-2H3/i1D3,2D3. The van der Waals surface area contributed by atoms with Crippen molar-refractivity contribution in [2.45, 2.75) is 13.4 Å². The zero-order valence-electron chi connectivity index (χ0n) is 14.3. The summed E-state index contributed by atoms with van der Waals surface area (Å²) < 4.78 is 50.5. The molecule has 1 aromatic heterocycles. The number of nitrogens with zero attached hydrogens (tertiary/aromatic N) is 2. The zero-order valence-corrected chi connectivity index (χ0v) is 8.32. The average Bonchev–Trinajstić information content (AvgIpc) is 2.81. The van der Waals surface area contributed by atoms with Gasteiger partial charge in [-0.1, -0.05) is 6.07 Å². The van der Waals surface area contributed by atoms with Crippen molar-refractivity contribution in [1.82, 2.24) is 4.98 Å². The minimum Gasteiger partial charge on any atom is -0.441 e. The molecule has 1 aliphatic heterocycles. The Labute approximate surface area is 102 Å². The highest BCUT2D eigenvalue weighted by molar-refractivity contribution is 5.87. The van der Waals surface area contributed by atoms with Gasteiger partial charge in [0.1, 0.15) is 5.69 Å². The Hall–Kier alpha value is -1.97. The van der Waals surface area contributed by atoms with Crippen LogP contribution in [0.15, 0.2) is 22.6 Å². The quantitative estimate of drug-likeness (QED) is 0.693. The predicted octanol–water partition coefficient (Wildman–Crippen LogP) is 2.18. The van der Waals surface area contributed by atoms with Crippen LogP contribution in [0.4, 0.5) is 11.4 Å². The Kier molecular flexibility index (Phi) is 0.923. The van der Waals surface area contributed by atoms with E-state index in [1.165, 1.54) is 0 Å². The molecule has 0 amide bonds. The fourth-order valence-electron chi connectivity index (χ4n) is 1.94. The van der Waals surface area contributed by atoms with Gasteiger partial charge in [0.05, 0.1) is 17.9 Å². The summed E-state index contributed by atoms with van der Waals surface area (Å²) in [6, 6.07) is 4.87. The molecule has 0 saturated carbocycles. The van der Waals surface area contributed by atoms with Gasteiger partial charge in [-0.2, -0.15) is 0 Å². The number of aromatic nitrogens is 1. The van der Waals surface area contributed by atoms with Gasteiger partial charge in [0.15, 0.2) is 11.7 Å². The van der Waals surface area contributed by atoms with Gasteiger partial charge in [-0.15, -0.1) is 0 Å². The van der Waals surface area contributed by atoms with E-state index in [1.807, 2.05) is 0 Å². The second-order valence-corrected chi connectivity index (χ2v) is 3.62. The van der Waals surface area contributed by atoms with Gasteiger partial charge in [0.25, 0.3) is 0 Å². The van der Waals surface area contributed by atoms with E-state index in [9.17, 15) is 0 Å². The maximum atomic E-state index is 7.66. The molecule has 2 N–H and O–H groups in total. The lowest BCUT2D eigenvalue weighted by atomic mass is 10.0. The number of para-hydroxylation sites is 1. The number of nitrogen functional groups attached to an aromatic ring is 1.